The van der Waals surface area contributed by atoms with E-state index < -0.39 is 5.97 Å². The van der Waals surface area contributed by atoms with Gasteiger partial charge in [0.05, 0.1) is 24.5 Å². The van der Waals surface area contributed by atoms with Crippen LogP contribution in [-0.4, -0.2) is 40.2 Å². The van der Waals surface area contributed by atoms with E-state index in [4.69, 9.17) is 0 Å². The molecule has 21 heavy (non-hydrogen) atoms. The Bertz CT molecular complexity index is 597. The molecule has 114 valence electrons. The van der Waals surface area contributed by atoms with Gasteiger partial charge >= 0.3 is 5.97 Å². The van der Waals surface area contributed by atoms with Crippen molar-refractivity contribution in [1.29, 1.82) is 0 Å². The molecule has 1 heterocycles. The molecule has 2 rings (SSSR count). The molecule has 1 fully saturated rings. The number of hydrogen-bond acceptors (Lipinski definition) is 6. The number of carbonyl (C=O) groups excluding carboxylic acids is 2. The molecule has 1 amide bonds. The fourth-order valence-corrected chi connectivity index (χ4v) is 2.46. The highest BCUT2D eigenvalue weighted by molar-refractivity contribution is 8.00. The summed E-state index contributed by atoms with van der Waals surface area (Å²) in [4.78, 5) is 41.4. The Hall–Kier alpha value is -1.83. The number of thioether (sulfide) groups is 1. The van der Waals surface area contributed by atoms with Gasteiger partial charge < -0.3 is 15.0 Å². The molecule has 0 bridgehead atoms. The van der Waals surface area contributed by atoms with Crippen LogP contribution in [0.1, 0.15) is 25.5 Å². The van der Waals surface area contributed by atoms with Gasteiger partial charge in [-0.05, 0) is 19.8 Å². The molecule has 0 saturated heterocycles. The van der Waals surface area contributed by atoms with Gasteiger partial charge in [0, 0.05) is 12.1 Å². The standard InChI is InChI=1S/C13H17N3O4S/c1-7(12(19)14-8-3-4-8)21-13-15-9(5-10(17)16-13)6-11(18)20-2/h5,7-8H,3-4,6H2,1-2H3,(H,14,19)(H,15,16,17)/t7-/m0/s1. The smallest absolute Gasteiger partial charge is 0.311 e. The maximum absolute atomic E-state index is 11.9. The summed E-state index contributed by atoms with van der Waals surface area (Å²) in [5.74, 6) is -0.549. The van der Waals surface area contributed by atoms with E-state index in [1.54, 1.807) is 6.92 Å². The average molecular weight is 311 g/mol. The minimum absolute atomic E-state index is 0.0728. The number of ether oxygens (including phenoxy) is 1. The second kappa shape index (κ2) is 6.75. The van der Waals surface area contributed by atoms with Gasteiger partial charge in [0.25, 0.3) is 5.56 Å². The van der Waals surface area contributed by atoms with Crippen molar-refractivity contribution >= 4 is 23.6 Å². The molecule has 0 spiro atoms. The normalized spacial score (nSPS) is 15.3. The average Bonchev–Trinajstić information content (AvgIpc) is 3.21. The summed E-state index contributed by atoms with van der Waals surface area (Å²) >= 11 is 1.15. The monoisotopic (exact) mass is 311 g/mol. The van der Waals surface area contributed by atoms with Gasteiger partial charge in [-0.15, -0.1) is 0 Å². The van der Waals surface area contributed by atoms with E-state index in [1.165, 1.54) is 13.2 Å². The molecule has 1 aromatic heterocycles. The van der Waals surface area contributed by atoms with Crippen LogP contribution in [0.3, 0.4) is 0 Å². The minimum atomic E-state index is -0.469. The van der Waals surface area contributed by atoms with Crippen LogP contribution in [0.25, 0.3) is 0 Å². The molecule has 0 aliphatic heterocycles. The van der Waals surface area contributed by atoms with Crippen molar-refractivity contribution in [3.05, 3.63) is 22.1 Å². The Kier molecular flexibility index (Phi) is 5.00. The molecule has 0 unspecified atom stereocenters. The number of aromatic nitrogens is 2. The molecule has 8 heteroatoms. The molecule has 7 nitrogen and oxygen atoms in total. The first kappa shape index (κ1) is 15.6. The fraction of sp³-hybridized carbons (Fsp3) is 0.538. The number of aromatic amines is 1. The predicted molar refractivity (Wildman–Crippen MR) is 77.1 cm³/mol. The van der Waals surface area contributed by atoms with Crippen molar-refractivity contribution in [1.82, 2.24) is 15.3 Å². The number of nitrogens with zero attached hydrogens (tertiary/aromatic N) is 1. The molecule has 1 aliphatic rings. The molecule has 1 saturated carbocycles. The second-order valence-electron chi connectivity index (χ2n) is 4.84. The Labute approximate surface area is 125 Å². The summed E-state index contributed by atoms with van der Waals surface area (Å²) in [7, 11) is 1.27. The molecule has 1 aromatic rings. The topological polar surface area (TPSA) is 101 Å². The molecule has 2 N–H and O–H groups in total. The number of methoxy groups -OCH3 is 1. The molecule has 1 aliphatic carbocycles. The van der Waals surface area contributed by atoms with Gasteiger partial charge in [0.1, 0.15) is 0 Å². The number of H-pyrrole nitrogens is 1. The lowest BCUT2D eigenvalue weighted by molar-refractivity contribution is -0.139. The minimum Gasteiger partial charge on any atom is -0.469 e. The third-order valence-corrected chi connectivity index (χ3v) is 3.89. The van der Waals surface area contributed by atoms with Crippen LogP contribution in [0.15, 0.2) is 16.0 Å². The van der Waals surface area contributed by atoms with Gasteiger partial charge in [-0.2, -0.15) is 0 Å². The highest BCUT2D eigenvalue weighted by Crippen LogP contribution is 2.22. The first-order valence-corrected chi connectivity index (χ1v) is 7.50. The lowest BCUT2D eigenvalue weighted by Gasteiger charge is -2.11. The quantitative estimate of drug-likeness (QED) is 0.443. The summed E-state index contributed by atoms with van der Waals surface area (Å²) < 4.78 is 4.54. The third-order valence-electron chi connectivity index (χ3n) is 2.91. The summed E-state index contributed by atoms with van der Waals surface area (Å²) in [6.45, 7) is 1.75. The third kappa shape index (κ3) is 4.89. The Morgan fingerprint density at radius 2 is 2.29 bits per heavy atom. The van der Waals surface area contributed by atoms with E-state index in [2.05, 4.69) is 20.0 Å². The largest absolute Gasteiger partial charge is 0.469 e. The van der Waals surface area contributed by atoms with Crippen LogP contribution in [0.5, 0.6) is 0 Å². The van der Waals surface area contributed by atoms with E-state index in [0.29, 0.717) is 16.9 Å². The zero-order chi connectivity index (χ0) is 15.4. The highest BCUT2D eigenvalue weighted by Gasteiger charge is 2.26. The van der Waals surface area contributed by atoms with Crippen LogP contribution in [0.4, 0.5) is 0 Å². The molecule has 1 atom stereocenters. The van der Waals surface area contributed by atoms with Crippen LogP contribution >= 0.6 is 11.8 Å². The van der Waals surface area contributed by atoms with E-state index in [9.17, 15) is 14.4 Å². The summed E-state index contributed by atoms with van der Waals surface area (Å²) in [6, 6.07) is 1.54. The SMILES string of the molecule is COC(=O)Cc1cc(=O)[nH]c(S[C@@H](C)C(=O)NC2CC2)n1. The number of carbonyl (C=O) groups is 2. The Morgan fingerprint density at radius 1 is 1.57 bits per heavy atom. The predicted octanol–water partition coefficient (Wildman–Crippen LogP) is 0.245. The molecule has 0 aromatic carbocycles. The fourth-order valence-electron chi connectivity index (χ4n) is 1.62. The number of amides is 1. The maximum Gasteiger partial charge on any atom is 0.311 e. The van der Waals surface area contributed by atoms with Crippen LogP contribution in [0, 0.1) is 0 Å². The van der Waals surface area contributed by atoms with Crippen molar-refractivity contribution < 1.29 is 14.3 Å². The lowest BCUT2D eigenvalue weighted by Crippen LogP contribution is -2.32. The van der Waals surface area contributed by atoms with Crippen LogP contribution in [0.2, 0.25) is 0 Å². The van der Waals surface area contributed by atoms with Crippen LogP contribution in [-0.2, 0) is 20.7 Å². The lowest BCUT2D eigenvalue weighted by atomic mass is 10.3. The van der Waals surface area contributed by atoms with Crippen molar-refractivity contribution in [3.8, 4) is 0 Å². The zero-order valence-electron chi connectivity index (χ0n) is 11.8. The maximum atomic E-state index is 11.9. The Morgan fingerprint density at radius 3 is 2.90 bits per heavy atom. The summed E-state index contributed by atoms with van der Waals surface area (Å²) in [5, 5.41) is 2.84. The number of esters is 1. The van der Waals surface area contributed by atoms with Gasteiger partial charge in [-0.3, -0.25) is 14.4 Å². The summed E-state index contributed by atoms with van der Waals surface area (Å²) in [5.41, 5.74) is -0.0379. The van der Waals surface area contributed by atoms with E-state index in [0.717, 1.165) is 24.6 Å². The number of rotatable bonds is 6. The molecule has 0 radical (unpaired) electrons. The summed E-state index contributed by atoms with van der Waals surface area (Å²) in [6.07, 6.45) is 1.97. The zero-order valence-corrected chi connectivity index (χ0v) is 12.7. The van der Waals surface area contributed by atoms with E-state index >= 15 is 0 Å². The van der Waals surface area contributed by atoms with Gasteiger partial charge in [-0.1, -0.05) is 11.8 Å². The number of nitrogens with one attached hydrogen (secondary N) is 2. The number of hydrogen-bond donors (Lipinski definition) is 2. The second-order valence-corrected chi connectivity index (χ2v) is 6.17. The van der Waals surface area contributed by atoms with Crippen molar-refractivity contribution in [2.75, 3.05) is 7.11 Å². The van der Waals surface area contributed by atoms with Crippen molar-refractivity contribution in [2.45, 2.75) is 42.6 Å². The van der Waals surface area contributed by atoms with Crippen LogP contribution < -0.4 is 10.9 Å². The Balaban J connectivity index is 2.02. The van der Waals surface area contributed by atoms with E-state index in [-0.39, 0.29) is 23.1 Å². The van der Waals surface area contributed by atoms with Gasteiger partial charge in [0.15, 0.2) is 5.16 Å². The van der Waals surface area contributed by atoms with Gasteiger partial charge in [-0.25, -0.2) is 4.98 Å². The first-order valence-electron chi connectivity index (χ1n) is 6.62. The van der Waals surface area contributed by atoms with Crippen molar-refractivity contribution in [3.63, 3.8) is 0 Å². The van der Waals surface area contributed by atoms with Crippen molar-refractivity contribution in [2.24, 2.45) is 0 Å². The molecular formula is C13H17N3O4S. The molecular weight excluding hydrogens is 294 g/mol. The highest BCUT2D eigenvalue weighted by atomic mass is 32.2. The first-order chi connectivity index (χ1) is 9.97. The van der Waals surface area contributed by atoms with Gasteiger partial charge in [0.2, 0.25) is 5.91 Å². The van der Waals surface area contributed by atoms with E-state index in [1.807, 2.05) is 0 Å².